The summed E-state index contributed by atoms with van der Waals surface area (Å²) in [6, 6.07) is 11.0. The number of halogens is 1. The molecular formula is C17H21FN2. The summed E-state index contributed by atoms with van der Waals surface area (Å²) in [4.78, 5) is 4.05. The summed E-state index contributed by atoms with van der Waals surface area (Å²) >= 11 is 0. The van der Waals surface area contributed by atoms with Gasteiger partial charge in [-0.25, -0.2) is 4.39 Å². The molecule has 1 heterocycles. The highest BCUT2D eigenvalue weighted by Gasteiger charge is 2.22. The van der Waals surface area contributed by atoms with E-state index in [-0.39, 0.29) is 17.8 Å². The van der Waals surface area contributed by atoms with E-state index < -0.39 is 0 Å². The van der Waals surface area contributed by atoms with Crippen LogP contribution in [0, 0.1) is 5.82 Å². The Labute approximate surface area is 120 Å². The van der Waals surface area contributed by atoms with E-state index in [1.807, 2.05) is 24.3 Å². The van der Waals surface area contributed by atoms with Gasteiger partial charge in [0, 0.05) is 29.9 Å². The van der Waals surface area contributed by atoms with Gasteiger partial charge in [-0.2, -0.15) is 0 Å². The van der Waals surface area contributed by atoms with Crippen molar-refractivity contribution in [2.75, 3.05) is 6.54 Å². The number of hydrogen-bond donors (Lipinski definition) is 1. The Bertz CT molecular complexity index is 528. The molecule has 2 unspecified atom stereocenters. The molecule has 20 heavy (non-hydrogen) atoms. The Kier molecular flexibility index (Phi) is 5.24. The Balaban J connectivity index is 2.30. The molecule has 0 aliphatic rings. The van der Waals surface area contributed by atoms with Gasteiger partial charge in [0.1, 0.15) is 5.82 Å². The average molecular weight is 272 g/mol. The highest BCUT2D eigenvalue weighted by Crippen LogP contribution is 2.31. The van der Waals surface area contributed by atoms with E-state index in [1.165, 1.54) is 6.07 Å². The number of pyridine rings is 1. The molecule has 0 bridgehead atoms. The highest BCUT2D eigenvalue weighted by molar-refractivity contribution is 5.27. The van der Waals surface area contributed by atoms with Crippen LogP contribution in [0.2, 0.25) is 0 Å². The first-order valence-electron chi connectivity index (χ1n) is 7.11. The maximum atomic E-state index is 14.1. The molecule has 106 valence electrons. The van der Waals surface area contributed by atoms with Crippen LogP contribution in [0.5, 0.6) is 0 Å². The van der Waals surface area contributed by atoms with Crippen LogP contribution < -0.4 is 5.32 Å². The number of nitrogens with zero attached hydrogens (tertiary/aromatic N) is 1. The van der Waals surface area contributed by atoms with E-state index in [9.17, 15) is 4.39 Å². The minimum atomic E-state index is -0.151. The lowest BCUT2D eigenvalue weighted by atomic mass is 9.88. The SMILES string of the molecule is CCCNC(c1ccccc1F)C(C)c1ccncc1. The van der Waals surface area contributed by atoms with Gasteiger partial charge < -0.3 is 5.32 Å². The largest absolute Gasteiger partial charge is 0.309 e. The molecule has 0 aliphatic heterocycles. The third-order valence-electron chi connectivity index (χ3n) is 3.59. The molecule has 1 aromatic carbocycles. The number of benzene rings is 1. The molecule has 3 heteroatoms. The van der Waals surface area contributed by atoms with Crippen LogP contribution in [-0.2, 0) is 0 Å². The van der Waals surface area contributed by atoms with Crippen molar-refractivity contribution in [1.29, 1.82) is 0 Å². The van der Waals surface area contributed by atoms with Crippen LogP contribution in [0.25, 0.3) is 0 Å². The fourth-order valence-electron chi connectivity index (χ4n) is 2.44. The van der Waals surface area contributed by atoms with Gasteiger partial charge in [0.15, 0.2) is 0 Å². The Morgan fingerprint density at radius 1 is 1.15 bits per heavy atom. The number of rotatable bonds is 6. The van der Waals surface area contributed by atoms with E-state index in [1.54, 1.807) is 18.5 Å². The van der Waals surface area contributed by atoms with Crippen LogP contribution >= 0.6 is 0 Å². The number of aromatic nitrogens is 1. The van der Waals surface area contributed by atoms with Crippen molar-refractivity contribution in [3.05, 3.63) is 65.7 Å². The molecule has 0 amide bonds. The molecule has 2 nitrogen and oxygen atoms in total. The van der Waals surface area contributed by atoms with Crippen LogP contribution in [-0.4, -0.2) is 11.5 Å². The smallest absolute Gasteiger partial charge is 0.127 e. The van der Waals surface area contributed by atoms with Gasteiger partial charge in [-0.3, -0.25) is 4.98 Å². The van der Waals surface area contributed by atoms with E-state index in [4.69, 9.17) is 0 Å². The molecule has 2 atom stereocenters. The van der Waals surface area contributed by atoms with Crippen LogP contribution in [0.3, 0.4) is 0 Å². The zero-order valence-electron chi connectivity index (χ0n) is 12.0. The van der Waals surface area contributed by atoms with Crippen molar-refractivity contribution in [3.8, 4) is 0 Å². The van der Waals surface area contributed by atoms with Gasteiger partial charge in [0.05, 0.1) is 0 Å². The lowest BCUT2D eigenvalue weighted by molar-refractivity contribution is 0.445. The minimum absolute atomic E-state index is 0.0291. The maximum Gasteiger partial charge on any atom is 0.127 e. The van der Waals surface area contributed by atoms with Crippen LogP contribution in [0.1, 0.15) is 43.4 Å². The standard InChI is InChI=1S/C17H21FN2/c1-3-10-20-17(15-6-4-5-7-16(15)18)13(2)14-8-11-19-12-9-14/h4-9,11-13,17,20H,3,10H2,1-2H3. The lowest BCUT2D eigenvalue weighted by Gasteiger charge is -2.26. The fraction of sp³-hybridized carbons (Fsp3) is 0.353. The molecule has 2 aromatic rings. The fourth-order valence-corrected chi connectivity index (χ4v) is 2.44. The summed E-state index contributed by atoms with van der Waals surface area (Å²) in [5.41, 5.74) is 1.89. The molecule has 0 spiro atoms. The predicted molar refractivity (Wildman–Crippen MR) is 80.1 cm³/mol. The van der Waals surface area contributed by atoms with E-state index in [0.717, 1.165) is 24.1 Å². The summed E-state index contributed by atoms with van der Waals surface area (Å²) < 4.78 is 14.1. The van der Waals surface area contributed by atoms with Crippen LogP contribution in [0.4, 0.5) is 4.39 Å². The topological polar surface area (TPSA) is 24.9 Å². The van der Waals surface area contributed by atoms with Gasteiger partial charge in [0.2, 0.25) is 0 Å². The van der Waals surface area contributed by atoms with Crippen molar-refractivity contribution in [2.24, 2.45) is 0 Å². The van der Waals surface area contributed by atoms with Crippen LogP contribution in [0.15, 0.2) is 48.8 Å². The van der Waals surface area contributed by atoms with Gasteiger partial charge in [-0.05, 0) is 36.7 Å². The molecule has 0 aliphatic carbocycles. The van der Waals surface area contributed by atoms with E-state index >= 15 is 0 Å². The monoisotopic (exact) mass is 272 g/mol. The van der Waals surface area contributed by atoms with Gasteiger partial charge in [-0.15, -0.1) is 0 Å². The molecule has 0 saturated carbocycles. The molecule has 1 aromatic heterocycles. The van der Waals surface area contributed by atoms with Crippen molar-refractivity contribution >= 4 is 0 Å². The van der Waals surface area contributed by atoms with Gasteiger partial charge in [-0.1, -0.05) is 32.0 Å². The highest BCUT2D eigenvalue weighted by atomic mass is 19.1. The molecule has 0 saturated heterocycles. The second-order valence-electron chi connectivity index (χ2n) is 5.02. The molecule has 0 fully saturated rings. The Morgan fingerprint density at radius 2 is 1.85 bits per heavy atom. The lowest BCUT2D eigenvalue weighted by Crippen LogP contribution is -2.27. The normalized spacial score (nSPS) is 13.9. The molecule has 0 radical (unpaired) electrons. The van der Waals surface area contributed by atoms with Crippen molar-refractivity contribution in [2.45, 2.75) is 32.2 Å². The first-order valence-corrected chi connectivity index (χ1v) is 7.11. The van der Waals surface area contributed by atoms with Crippen molar-refractivity contribution < 1.29 is 4.39 Å². The van der Waals surface area contributed by atoms with E-state index in [2.05, 4.69) is 24.1 Å². The zero-order chi connectivity index (χ0) is 14.4. The minimum Gasteiger partial charge on any atom is -0.309 e. The molecular weight excluding hydrogens is 251 g/mol. The van der Waals surface area contributed by atoms with Crippen molar-refractivity contribution in [1.82, 2.24) is 10.3 Å². The Morgan fingerprint density at radius 3 is 2.50 bits per heavy atom. The summed E-state index contributed by atoms with van der Waals surface area (Å²) in [7, 11) is 0. The van der Waals surface area contributed by atoms with E-state index in [0.29, 0.717) is 0 Å². The third-order valence-corrected chi connectivity index (χ3v) is 3.59. The zero-order valence-corrected chi connectivity index (χ0v) is 12.0. The molecule has 2 rings (SSSR count). The average Bonchev–Trinajstić information content (AvgIpc) is 2.50. The third kappa shape index (κ3) is 3.42. The predicted octanol–water partition coefficient (Wildman–Crippen LogP) is 4.07. The first kappa shape index (κ1) is 14.7. The molecule has 1 N–H and O–H groups in total. The first-order chi connectivity index (χ1) is 9.74. The number of nitrogens with one attached hydrogen (secondary N) is 1. The Hall–Kier alpha value is -1.74. The van der Waals surface area contributed by atoms with Crippen molar-refractivity contribution in [3.63, 3.8) is 0 Å². The second kappa shape index (κ2) is 7.15. The second-order valence-corrected chi connectivity index (χ2v) is 5.02. The summed E-state index contributed by atoms with van der Waals surface area (Å²) in [6.07, 6.45) is 4.59. The maximum absolute atomic E-state index is 14.1. The summed E-state index contributed by atoms with van der Waals surface area (Å²) in [5, 5.41) is 3.46. The number of hydrogen-bond acceptors (Lipinski definition) is 2. The van der Waals surface area contributed by atoms with Gasteiger partial charge in [0.25, 0.3) is 0 Å². The summed E-state index contributed by atoms with van der Waals surface area (Å²) in [6.45, 7) is 5.10. The quantitative estimate of drug-likeness (QED) is 0.857. The summed E-state index contributed by atoms with van der Waals surface area (Å²) in [5.74, 6) is 0.0310. The van der Waals surface area contributed by atoms with Gasteiger partial charge >= 0.3 is 0 Å².